The standard InChI is InChI=1S/C17H24N4S/c1-2-8-19(7-1)9-4-17-13-20(11-15-5-10-22-14-15)12-16-3-6-18-21(16)17/h3,5-6,10,14,17H,1-2,4,7-9,11-13H2. The highest BCUT2D eigenvalue weighted by Gasteiger charge is 2.26. The fourth-order valence-electron chi connectivity index (χ4n) is 3.78. The summed E-state index contributed by atoms with van der Waals surface area (Å²) in [5.41, 5.74) is 2.81. The lowest BCUT2D eigenvalue weighted by molar-refractivity contribution is 0.152. The van der Waals surface area contributed by atoms with Crippen molar-refractivity contribution in [2.75, 3.05) is 26.2 Å². The van der Waals surface area contributed by atoms with Gasteiger partial charge in [-0.1, -0.05) is 0 Å². The van der Waals surface area contributed by atoms with Crippen LogP contribution in [0.1, 0.15) is 36.6 Å². The number of nitrogens with zero attached hydrogens (tertiary/aromatic N) is 4. The van der Waals surface area contributed by atoms with E-state index in [1.54, 1.807) is 11.3 Å². The molecule has 0 aromatic carbocycles. The van der Waals surface area contributed by atoms with Crippen molar-refractivity contribution in [2.24, 2.45) is 0 Å². The summed E-state index contributed by atoms with van der Waals surface area (Å²) in [4.78, 5) is 5.19. The summed E-state index contributed by atoms with van der Waals surface area (Å²) < 4.78 is 2.28. The van der Waals surface area contributed by atoms with Crippen LogP contribution in [0, 0.1) is 0 Å². The molecule has 4 heterocycles. The monoisotopic (exact) mass is 316 g/mol. The van der Waals surface area contributed by atoms with Crippen molar-refractivity contribution in [1.82, 2.24) is 19.6 Å². The van der Waals surface area contributed by atoms with Crippen LogP contribution in [0.25, 0.3) is 0 Å². The highest BCUT2D eigenvalue weighted by atomic mass is 32.1. The minimum absolute atomic E-state index is 0.526. The Bertz CT molecular complexity index is 586. The first-order chi connectivity index (χ1) is 10.9. The van der Waals surface area contributed by atoms with Crippen molar-refractivity contribution in [3.63, 3.8) is 0 Å². The maximum absolute atomic E-state index is 4.59. The van der Waals surface area contributed by atoms with Crippen LogP contribution in [0.3, 0.4) is 0 Å². The average Bonchev–Trinajstić information content (AvgIpc) is 3.27. The van der Waals surface area contributed by atoms with Crippen molar-refractivity contribution < 1.29 is 0 Å². The molecule has 118 valence electrons. The molecule has 1 unspecified atom stereocenters. The smallest absolute Gasteiger partial charge is 0.0662 e. The van der Waals surface area contributed by atoms with E-state index in [4.69, 9.17) is 0 Å². The molecule has 0 amide bonds. The zero-order chi connectivity index (χ0) is 14.8. The highest BCUT2D eigenvalue weighted by molar-refractivity contribution is 7.07. The zero-order valence-corrected chi connectivity index (χ0v) is 13.8. The van der Waals surface area contributed by atoms with Gasteiger partial charge in [0.1, 0.15) is 0 Å². The third kappa shape index (κ3) is 3.12. The first-order valence-electron chi connectivity index (χ1n) is 8.37. The lowest BCUT2D eigenvalue weighted by Gasteiger charge is -2.34. The van der Waals surface area contributed by atoms with Gasteiger partial charge in [-0.05, 0) is 60.8 Å². The number of rotatable bonds is 5. The van der Waals surface area contributed by atoms with Crippen molar-refractivity contribution in [1.29, 1.82) is 0 Å². The molecule has 2 aliphatic heterocycles. The lowest BCUT2D eigenvalue weighted by Crippen LogP contribution is -2.38. The van der Waals surface area contributed by atoms with Crippen LogP contribution in [-0.2, 0) is 13.1 Å². The number of fused-ring (bicyclic) bond motifs is 1. The van der Waals surface area contributed by atoms with E-state index in [0.29, 0.717) is 6.04 Å². The maximum atomic E-state index is 4.59. The number of hydrogen-bond acceptors (Lipinski definition) is 4. The Morgan fingerprint density at radius 2 is 2.09 bits per heavy atom. The predicted octanol–water partition coefficient (Wildman–Crippen LogP) is 2.99. The van der Waals surface area contributed by atoms with Crippen LogP contribution in [-0.4, -0.2) is 45.8 Å². The Labute approximate surface area is 136 Å². The molecular weight excluding hydrogens is 292 g/mol. The van der Waals surface area contributed by atoms with Gasteiger partial charge in [-0.2, -0.15) is 16.4 Å². The molecule has 0 aliphatic carbocycles. The van der Waals surface area contributed by atoms with Crippen LogP contribution in [0.4, 0.5) is 0 Å². The molecule has 5 heteroatoms. The lowest BCUT2D eigenvalue weighted by atomic mass is 10.1. The zero-order valence-electron chi connectivity index (χ0n) is 13.0. The molecule has 4 nitrogen and oxygen atoms in total. The van der Waals surface area contributed by atoms with Gasteiger partial charge < -0.3 is 4.90 Å². The molecule has 22 heavy (non-hydrogen) atoms. The topological polar surface area (TPSA) is 24.3 Å². The van der Waals surface area contributed by atoms with Crippen molar-refractivity contribution in [3.8, 4) is 0 Å². The third-order valence-corrected chi connectivity index (χ3v) is 5.65. The second-order valence-electron chi connectivity index (χ2n) is 6.56. The van der Waals surface area contributed by atoms with Crippen LogP contribution in [0.15, 0.2) is 29.1 Å². The maximum Gasteiger partial charge on any atom is 0.0662 e. The molecule has 0 spiro atoms. The second-order valence-corrected chi connectivity index (χ2v) is 7.34. The number of thiophene rings is 1. The molecular formula is C17H24N4S. The van der Waals surface area contributed by atoms with Crippen molar-refractivity contribution in [3.05, 3.63) is 40.3 Å². The van der Waals surface area contributed by atoms with E-state index in [0.717, 1.165) is 19.6 Å². The van der Waals surface area contributed by atoms with Crippen LogP contribution >= 0.6 is 11.3 Å². The number of likely N-dealkylation sites (tertiary alicyclic amines) is 1. The first-order valence-corrected chi connectivity index (χ1v) is 9.31. The van der Waals surface area contributed by atoms with E-state index < -0.39 is 0 Å². The molecule has 0 bridgehead atoms. The molecule has 0 radical (unpaired) electrons. The summed E-state index contributed by atoms with van der Waals surface area (Å²) in [6.45, 7) is 7.01. The van der Waals surface area contributed by atoms with Gasteiger partial charge in [0, 0.05) is 32.4 Å². The molecule has 2 aliphatic rings. The van der Waals surface area contributed by atoms with E-state index in [1.807, 2.05) is 6.20 Å². The minimum atomic E-state index is 0.526. The van der Waals surface area contributed by atoms with Crippen molar-refractivity contribution in [2.45, 2.75) is 38.4 Å². The SMILES string of the molecule is c1cc2n(n1)C(CCN1CCCC1)CN(Cc1ccsc1)C2. The van der Waals surface area contributed by atoms with Crippen LogP contribution in [0.2, 0.25) is 0 Å². The molecule has 0 saturated carbocycles. The Hall–Kier alpha value is -1.17. The first kappa shape index (κ1) is 14.4. The second kappa shape index (κ2) is 6.52. The number of hydrogen-bond donors (Lipinski definition) is 0. The fraction of sp³-hybridized carbons (Fsp3) is 0.588. The van der Waals surface area contributed by atoms with Gasteiger partial charge >= 0.3 is 0 Å². The molecule has 4 rings (SSSR count). The van der Waals surface area contributed by atoms with Gasteiger partial charge in [0.15, 0.2) is 0 Å². The quantitative estimate of drug-likeness (QED) is 0.847. The van der Waals surface area contributed by atoms with Crippen LogP contribution in [0.5, 0.6) is 0 Å². The third-order valence-electron chi connectivity index (χ3n) is 4.92. The summed E-state index contributed by atoms with van der Waals surface area (Å²) in [5.74, 6) is 0. The summed E-state index contributed by atoms with van der Waals surface area (Å²) in [6.07, 6.45) is 5.94. The summed E-state index contributed by atoms with van der Waals surface area (Å²) in [5, 5.41) is 9.03. The number of aromatic nitrogens is 2. The molecule has 1 atom stereocenters. The fourth-order valence-corrected chi connectivity index (χ4v) is 4.44. The summed E-state index contributed by atoms with van der Waals surface area (Å²) >= 11 is 1.79. The summed E-state index contributed by atoms with van der Waals surface area (Å²) in [7, 11) is 0. The minimum Gasteiger partial charge on any atom is -0.303 e. The average molecular weight is 316 g/mol. The molecule has 2 aromatic rings. The Balaban J connectivity index is 1.43. The largest absolute Gasteiger partial charge is 0.303 e. The van der Waals surface area contributed by atoms with Gasteiger partial charge in [-0.25, -0.2) is 0 Å². The van der Waals surface area contributed by atoms with Gasteiger partial charge in [0.25, 0.3) is 0 Å². The Morgan fingerprint density at radius 1 is 1.18 bits per heavy atom. The van der Waals surface area contributed by atoms with E-state index in [9.17, 15) is 0 Å². The van der Waals surface area contributed by atoms with E-state index in [-0.39, 0.29) is 0 Å². The Kier molecular flexibility index (Phi) is 4.28. The summed E-state index contributed by atoms with van der Waals surface area (Å²) in [6, 6.07) is 4.95. The van der Waals surface area contributed by atoms with E-state index >= 15 is 0 Å². The molecule has 1 saturated heterocycles. The van der Waals surface area contributed by atoms with E-state index in [2.05, 4.69) is 42.5 Å². The molecule has 1 fully saturated rings. The molecule has 2 aromatic heterocycles. The van der Waals surface area contributed by atoms with Crippen LogP contribution < -0.4 is 0 Å². The van der Waals surface area contributed by atoms with Gasteiger partial charge in [-0.3, -0.25) is 9.58 Å². The van der Waals surface area contributed by atoms with Gasteiger partial charge in [0.2, 0.25) is 0 Å². The highest BCUT2D eigenvalue weighted by Crippen LogP contribution is 2.25. The Morgan fingerprint density at radius 3 is 2.91 bits per heavy atom. The van der Waals surface area contributed by atoms with Gasteiger partial charge in [0.05, 0.1) is 11.7 Å². The normalized spacial score (nSPS) is 23.0. The predicted molar refractivity (Wildman–Crippen MR) is 90.0 cm³/mol. The van der Waals surface area contributed by atoms with E-state index in [1.165, 1.54) is 50.2 Å². The van der Waals surface area contributed by atoms with Gasteiger partial charge in [-0.15, -0.1) is 0 Å². The molecule has 0 N–H and O–H groups in total. The van der Waals surface area contributed by atoms with Crippen molar-refractivity contribution >= 4 is 11.3 Å².